The highest BCUT2D eigenvalue weighted by atomic mass is 19.1. The third-order valence-corrected chi connectivity index (χ3v) is 3.85. The Morgan fingerprint density at radius 3 is 2.71 bits per heavy atom. The Bertz CT molecular complexity index is 519. The maximum atomic E-state index is 13.7. The summed E-state index contributed by atoms with van der Waals surface area (Å²) in [7, 11) is 1.91. The molecule has 0 aliphatic carbocycles. The average molecular weight is 293 g/mol. The normalized spacial score (nSPS) is 16.5. The van der Waals surface area contributed by atoms with Crippen LogP contribution < -0.4 is 5.32 Å². The molecular formula is C15H20FN3O2. The Labute approximate surface area is 123 Å². The number of benzene rings is 1. The number of rotatable bonds is 6. The molecule has 1 atom stereocenters. The van der Waals surface area contributed by atoms with Gasteiger partial charge in [0.1, 0.15) is 5.82 Å². The van der Waals surface area contributed by atoms with E-state index in [2.05, 4.69) is 5.32 Å². The van der Waals surface area contributed by atoms with Crippen molar-refractivity contribution >= 4 is 11.9 Å². The predicted octanol–water partition coefficient (Wildman–Crippen LogP) is 1.76. The molecule has 114 valence electrons. The summed E-state index contributed by atoms with van der Waals surface area (Å²) in [4.78, 5) is 26.1. The highest BCUT2D eigenvalue weighted by Crippen LogP contribution is 2.21. The number of hydrogen-bond acceptors (Lipinski definition) is 3. The van der Waals surface area contributed by atoms with Gasteiger partial charge in [-0.25, -0.2) is 9.18 Å². The van der Waals surface area contributed by atoms with Crippen LogP contribution in [0.4, 0.5) is 9.18 Å². The van der Waals surface area contributed by atoms with Gasteiger partial charge < -0.3 is 5.32 Å². The minimum Gasteiger partial charge on any atom is -0.329 e. The van der Waals surface area contributed by atoms with Gasteiger partial charge in [-0.1, -0.05) is 18.2 Å². The van der Waals surface area contributed by atoms with Gasteiger partial charge in [0.05, 0.1) is 6.54 Å². The van der Waals surface area contributed by atoms with Crippen molar-refractivity contribution in [3.8, 4) is 0 Å². The standard InChI is InChI=1S/C15H20FN3O2/c1-11(12-6-3-4-7-13(12)16)18(2)8-5-9-19-14(20)10-17-15(19)21/h3-4,6-7,11H,5,8-10H2,1-2H3,(H,17,21)/t11-/m1/s1. The van der Waals surface area contributed by atoms with Crippen molar-refractivity contribution in [2.75, 3.05) is 26.7 Å². The summed E-state index contributed by atoms with van der Waals surface area (Å²) >= 11 is 0. The smallest absolute Gasteiger partial charge is 0.324 e. The van der Waals surface area contributed by atoms with Crippen LogP contribution in [-0.2, 0) is 4.79 Å². The molecule has 0 saturated carbocycles. The first-order valence-corrected chi connectivity index (χ1v) is 7.03. The van der Waals surface area contributed by atoms with Crippen molar-refractivity contribution in [3.05, 3.63) is 35.6 Å². The molecule has 3 amide bonds. The molecule has 1 heterocycles. The Kier molecular flexibility index (Phi) is 4.90. The molecule has 2 rings (SSSR count). The van der Waals surface area contributed by atoms with Crippen LogP contribution in [0.5, 0.6) is 0 Å². The van der Waals surface area contributed by atoms with Crippen LogP contribution in [0.1, 0.15) is 24.9 Å². The molecule has 1 N–H and O–H groups in total. The lowest BCUT2D eigenvalue weighted by atomic mass is 10.1. The highest BCUT2D eigenvalue weighted by molar-refractivity contribution is 6.01. The summed E-state index contributed by atoms with van der Waals surface area (Å²) < 4.78 is 13.7. The number of urea groups is 1. The monoisotopic (exact) mass is 293 g/mol. The molecule has 0 unspecified atom stereocenters. The van der Waals surface area contributed by atoms with Gasteiger partial charge in [-0.05, 0) is 26.5 Å². The van der Waals surface area contributed by atoms with E-state index in [1.54, 1.807) is 12.1 Å². The molecule has 1 aromatic rings. The highest BCUT2D eigenvalue weighted by Gasteiger charge is 2.27. The van der Waals surface area contributed by atoms with Crippen LogP contribution in [0.25, 0.3) is 0 Å². The van der Waals surface area contributed by atoms with Crippen molar-refractivity contribution in [2.45, 2.75) is 19.4 Å². The third kappa shape index (κ3) is 3.58. The van der Waals surface area contributed by atoms with Crippen molar-refractivity contribution in [1.29, 1.82) is 0 Å². The lowest BCUT2D eigenvalue weighted by Gasteiger charge is -2.26. The molecule has 0 radical (unpaired) electrons. The van der Waals surface area contributed by atoms with Gasteiger partial charge in [-0.15, -0.1) is 0 Å². The first kappa shape index (κ1) is 15.4. The molecule has 0 spiro atoms. The molecule has 1 aliphatic rings. The molecule has 5 nitrogen and oxygen atoms in total. The maximum absolute atomic E-state index is 13.7. The number of carbonyl (C=O) groups excluding carboxylic acids is 2. The summed E-state index contributed by atoms with van der Waals surface area (Å²) in [6, 6.07) is 6.32. The molecule has 1 fully saturated rings. The molecular weight excluding hydrogens is 273 g/mol. The fourth-order valence-electron chi connectivity index (χ4n) is 2.40. The van der Waals surface area contributed by atoms with Crippen LogP contribution >= 0.6 is 0 Å². The van der Waals surface area contributed by atoms with Gasteiger partial charge in [0.15, 0.2) is 0 Å². The molecule has 1 aromatic carbocycles. The maximum Gasteiger partial charge on any atom is 0.324 e. The molecule has 1 saturated heterocycles. The van der Waals surface area contributed by atoms with E-state index in [4.69, 9.17) is 0 Å². The quantitative estimate of drug-likeness (QED) is 0.813. The second-order valence-electron chi connectivity index (χ2n) is 5.24. The van der Waals surface area contributed by atoms with Gasteiger partial charge in [-0.2, -0.15) is 0 Å². The molecule has 21 heavy (non-hydrogen) atoms. The summed E-state index contributed by atoms with van der Waals surface area (Å²) in [6.07, 6.45) is 0.661. The van der Waals surface area contributed by atoms with Crippen molar-refractivity contribution in [3.63, 3.8) is 0 Å². The van der Waals surface area contributed by atoms with Crippen LogP contribution in [0.15, 0.2) is 24.3 Å². The Balaban J connectivity index is 1.84. The largest absolute Gasteiger partial charge is 0.329 e. The zero-order valence-electron chi connectivity index (χ0n) is 12.3. The van der Waals surface area contributed by atoms with Crippen LogP contribution in [-0.4, -0.2) is 48.4 Å². The van der Waals surface area contributed by atoms with Gasteiger partial charge in [-0.3, -0.25) is 14.6 Å². The van der Waals surface area contributed by atoms with E-state index in [0.717, 1.165) is 0 Å². The first-order valence-electron chi connectivity index (χ1n) is 7.03. The second-order valence-corrected chi connectivity index (χ2v) is 5.24. The number of carbonyl (C=O) groups is 2. The van der Waals surface area contributed by atoms with Crippen molar-refractivity contribution in [2.24, 2.45) is 0 Å². The number of imide groups is 1. The van der Waals surface area contributed by atoms with E-state index < -0.39 is 0 Å². The number of amides is 3. The van der Waals surface area contributed by atoms with E-state index in [1.807, 2.05) is 24.9 Å². The summed E-state index contributed by atoms with van der Waals surface area (Å²) in [5.41, 5.74) is 0.648. The molecule has 1 aliphatic heterocycles. The Morgan fingerprint density at radius 1 is 1.38 bits per heavy atom. The second kappa shape index (κ2) is 6.67. The first-order chi connectivity index (χ1) is 10.0. The summed E-state index contributed by atoms with van der Waals surface area (Å²) in [5, 5.41) is 2.49. The molecule has 0 aromatic heterocycles. The van der Waals surface area contributed by atoms with Gasteiger partial charge >= 0.3 is 6.03 Å². The van der Waals surface area contributed by atoms with E-state index in [1.165, 1.54) is 11.0 Å². The van der Waals surface area contributed by atoms with E-state index in [-0.39, 0.29) is 30.3 Å². The molecule has 6 heteroatoms. The minimum atomic E-state index is -0.329. The zero-order chi connectivity index (χ0) is 15.4. The Hall–Kier alpha value is -1.95. The lowest BCUT2D eigenvalue weighted by Crippen LogP contribution is -2.34. The number of halogens is 1. The van der Waals surface area contributed by atoms with Crippen LogP contribution in [0.2, 0.25) is 0 Å². The fourth-order valence-corrected chi connectivity index (χ4v) is 2.40. The summed E-state index contributed by atoms with van der Waals surface area (Å²) in [6.45, 7) is 3.08. The zero-order valence-corrected chi connectivity index (χ0v) is 12.3. The number of nitrogens with one attached hydrogen (secondary N) is 1. The predicted molar refractivity (Wildman–Crippen MR) is 77.2 cm³/mol. The molecule has 0 bridgehead atoms. The topological polar surface area (TPSA) is 52.6 Å². The Morgan fingerprint density at radius 2 is 2.10 bits per heavy atom. The van der Waals surface area contributed by atoms with Crippen molar-refractivity contribution < 1.29 is 14.0 Å². The lowest BCUT2D eigenvalue weighted by molar-refractivity contribution is -0.125. The van der Waals surface area contributed by atoms with E-state index >= 15 is 0 Å². The van der Waals surface area contributed by atoms with Gasteiger partial charge in [0.2, 0.25) is 5.91 Å². The minimum absolute atomic E-state index is 0.0608. The average Bonchev–Trinajstić information content (AvgIpc) is 2.78. The van der Waals surface area contributed by atoms with Gasteiger partial charge in [0.25, 0.3) is 0 Å². The van der Waals surface area contributed by atoms with Crippen LogP contribution in [0, 0.1) is 5.82 Å². The number of hydrogen-bond donors (Lipinski definition) is 1. The van der Waals surface area contributed by atoms with E-state index in [9.17, 15) is 14.0 Å². The van der Waals surface area contributed by atoms with Crippen molar-refractivity contribution in [1.82, 2.24) is 15.1 Å². The third-order valence-electron chi connectivity index (χ3n) is 3.85. The van der Waals surface area contributed by atoms with E-state index in [0.29, 0.717) is 25.1 Å². The fraction of sp³-hybridized carbons (Fsp3) is 0.467. The van der Waals surface area contributed by atoms with Crippen LogP contribution in [0.3, 0.4) is 0 Å². The summed E-state index contributed by atoms with van der Waals surface area (Å²) in [5.74, 6) is -0.407. The SMILES string of the molecule is C[C@H](c1ccccc1F)N(C)CCCN1C(=O)CNC1=O. The number of nitrogens with zero attached hydrogens (tertiary/aromatic N) is 2. The van der Waals surface area contributed by atoms with Gasteiger partial charge in [0, 0.05) is 24.7 Å².